The Morgan fingerprint density at radius 2 is 2.26 bits per heavy atom. The van der Waals surface area contributed by atoms with Crippen molar-refractivity contribution >= 4 is 23.0 Å². The van der Waals surface area contributed by atoms with Gasteiger partial charge >= 0.3 is 0 Å². The van der Waals surface area contributed by atoms with Gasteiger partial charge in [-0.15, -0.1) is 0 Å². The summed E-state index contributed by atoms with van der Waals surface area (Å²) in [6.45, 7) is 8.74. The zero-order valence-electron chi connectivity index (χ0n) is 11.7. The van der Waals surface area contributed by atoms with Crippen LogP contribution in [0.15, 0.2) is 18.3 Å². The number of thiocarbonyl (C=S) groups is 1. The average Bonchev–Trinajstić information content (AvgIpc) is 2.90. The Hall–Kier alpha value is -1.20. The summed E-state index contributed by atoms with van der Waals surface area (Å²) in [5, 5.41) is 0. The highest BCUT2D eigenvalue weighted by molar-refractivity contribution is 7.80. The molecule has 0 spiro atoms. The standard InChI is InChI=1S/C14H22N4S/c1-3-17(4-2)12-6-8-18(10-12)13-9-11(14(15)19)5-7-16-13/h5,7,9,12H,3-4,6,8,10H2,1-2H3,(H2,15,19). The zero-order valence-corrected chi connectivity index (χ0v) is 12.5. The van der Waals surface area contributed by atoms with Crippen molar-refractivity contribution in [2.24, 2.45) is 5.73 Å². The first-order valence-corrected chi connectivity index (χ1v) is 7.31. The van der Waals surface area contributed by atoms with Crippen molar-refractivity contribution in [2.45, 2.75) is 26.3 Å². The van der Waals surface area contributed by atoms with Crippen molar-refractivity contribution < 1.29 is 0 Å². The number of pyridine rings is 1. The highest BCUT2D eigenvalue weighted by Gasteiger charge is 2.26. The van der Waals surface area contributed by atoms with Crippen LogP contribution in [0.25, 0.3) is 0 Å². The number of nitrogens with two attached hydrogens (primary N) is 1. The van der Waals surface area contributed by atoms with Gasteiger partial charge in [-0.3, -0.25) is 4.90 Å². The van der Waals surface area contributed by atoms with Crippen LogP contribution in [0.1, 0.15) is 25.8 Å². The minimum absolute atomic E-state index is 0.433. The second kappa shape index (κ2) is 6.30. The monoisotopic (exact) mass is 278 g/mol. The summed E-state index contributed by atoms with van der Waals surface area (Å²) in [6.07, 6.45) is 2.98. The van der Waals surface area contributed by atoms with E-state index in [1.54, 1.807) is 6.20 Å². The van der Waals surface area contributed by atoms with Gasteiger partial charge in [-0.1, -0.05) is 26.1 Å². The molecule has 1 unspecified atom stereocenters. The Bertz CT molecular complexity index is 445. The molecule has 1 atom stereocenters. The van der Waals surface area contributed by atoms with E-state index in [4.69, 9.17) is 18.0 Å². The summed E-state index contributed by atoms with van der Waals surface area (Å²) in [7, 11) is 0. The molecule has 1 aromatic heterocycles. The molecule has 2 rings (SSSR count). The minimum atomic E-state index is 0.433. The van der Waals surface area contributed by atoms with Gasteiger partial charge in [-0.2, -0.15) is 0 Å². The molecular formula is C14H22N4S. The van der Waals surface area contributed by atoms with E-state index in [0.717, 1.165) is 37.6 Å². The van der Waals surface area contributed by atoms with Gasteiger partial charge in [0.15, 0.2) is 0 Å². The molecule has 0 aliphatic carbocycles. The Labute approximate surface area is 120 Å². The SMILES string of the molecule is CCN(CC)C1CCN(c2cc(C(N)=S)ccn2)C1. The molecule has 2 heterocycles. The maximum absolute atomic E-state index is 5.68. The van der Waals surface area contributed by atoms with Crippen molar-refractivity contribution in [2.75, 3.05) is 31.1 Å². The van der Waals surface area contributed by atoms with Crippen molar-refractivity contribution in [1.29, 1.82) is 0 Å². The van der Waals surface area contributed by atoms with E-state index in [-0.39, 0.29) is 0 Å². The summed E-state index contributed by atoms with van der Waals surface area (Å²) < 4.78 is 0. The molecular weight excluding hydrogens is 256 g/mol. The van der Waals surface area contributed by atoms with Gasteiger partial charge in [-0.05, 0) is 31.6 Å². The van der Waals surface area contributed by atoms with E-state index in [9.17, 15) is 0 Å². The lowest BCUT2D eigenvalue weighted by Crippen LogP contribution is -2.37. The summed E-state index contributed by atoms with van der Waals surface area (Å²) in [4.78, 5) is 9.71. The predicted octanol–water partition coefficient (Wildman–Crippen LogP) is 1.64. The van der Waals surface area contributed by atoms with Crippen LogP contribution in [0.3, 0.4) is 0 Å². The predicted molar refractivity (Wildman–Crippen MR) is 83.7 cm³/mol. The first kappa shape index (κ1) is 14.2. The van der Waals surface area contributed by atoms with Crippen LogP contribution in [0.2, 0.25) is 0 Å². The molecule has 1 saturated heterocycles. The van der Waals surface area contributed by atoms with Crippen LogP contribution in [0, 0.1) is 0 Å². The number of hydrogen-bond donors (Lipinski definition) is 1. The molecule has 0 saturated carbocycles. The van der Waals surface area contributed by atoms with Gasteiger partial charge in [0.25, 0.3) is 0 Å². The van der Waals surface area contributed by atoms with Gasteiger partial charge in [-0.25, -0.2) is 4.98 Å². The third-order valence-electron chi connectivity index (χ3n) is 3.85. The molecule has 4 nitrogen and oxygen atoms in total. The maximum atomic E-state index is 5.68. The molecule has 2 N–H and O–H groups in total. The third kappa shape index (κ3) is 3.22. The molecule has 1 aliphatic rings. The van der Waals surface area contributed by atoms with E-state index in [1.807, 2.05) is 12.1 Å². The van der Waals surface area contributed by atoms with Crippen LogP contribution >= 0.6 is 12.2 Å². The van der Waals surface area contributed by atoms with Crippen LogP contribution in [-0.2, 0) is 0 Å². The fourth-order valence-electron chi connectivity index (χ4n) is 2.73. The van der Waals surface area contributed by atoms with E-state index < -0.39 is 0 Å². The second-order valence-electron chi connectivity index (χ2n) is 4.88. The molecule has 0 radical (unpaired) electrons. The summed E-state index contributed by atoms with van der Waals surface area (Å²) in [5.74, 6) is 0.986. The van der Waals surface area contributed by atoms with E-state index in [1.165, 1.54) is 6.42 Å². The molecule has 19 heavy (non-hydrogen) atoms. The topological polar surface area (TPSA) is 45.4 Å². The fraction of sp³-hybridized carbons (Fsp3) is 0.571. The molecule has 1 aliphatic heterocycles. The van der Waals surface area contributed by atoms with E-state index in [2.05, 4.69) is 28.6 Å². The Balaban J connectivity index is 2.08. The molecule has 104 valence electrons. The minimum Gasteiger partial charge on any atom is -0.389 e. The number of aromatic nitrogens is 1. The number of likely N-dealkylation sites (N-methyl/N-ethyl adjacent to an activating group) is 1. The normalized spacial score (nSPS) is 19.1. The molecule has 0 bridgehead atoms. The first-order chi connectivity index (χ1) is 9.15. The second-order valence-corrected chi connectivity index (χ2v) is 5.32. The average molecular weight is 278 g/mol. The lowest BCUT2D eigenvalue weighted by molar-refractivity contribution is 0.232. The largest absolute Gasteiger partial charge is 0.389 e. The Morgan fingerprint density at radius 1 is 1.53 bits per heavy atom. The molecule has 1 aromatic rings. The third-order valence-corrected chi connectivity index (χ3v) is 4.08. The van der Waals surface area contributed by atoms with Crippen molar-refractivity contribution in [3.8, 4) is 0 Å². The van der Waals surface area contributed by atoms with Gasteiger partial charge in [0.05, 0.1) is 0 Å². The maximum Gasteiger partial charge on any atom is 0.129 e. The lowest BCUT2D eigenvalue weighted by Gasteiger charge is -2.26. The van der Waals surface area contributed by atoms with E-state index >= 15 is 0 Å². The molecule has 0 aromatic carbocycles. The van der Waals surface area contributed by atoms with Gasteiger partial charge < -0.3 is 10.6 Å². The fourth-order valence-corrected chi connectivity index (χ4v) is 2.86. The summed E-state index contributed by atoms with van der Waals surface area (Å²) in [5.41, 5.74) is 6.57. The highest BCUT2D eigenvalue weighted by atomic mass is 32.1. The Kier molecular flexibility index (Phi) is 4.71. The smallest absolute Gasteiger partial charge is 0.129 e. The van der Waals surface area contributed by atoms with Crippen LogP contribution < -0.4 is 10.6 Å². The van der Waals surface area contributed by atoms with Crippen molar-refractivity contribution in [1.82, 2.24) is 9.88 Å². The van der Waals surface area contributed by atoms with Crippen molar-refractivity contribution in [3.05, 3.63) is 23.9 Å². The zero-order chi connectivity index (χ0) is 13.8. The van der Waals surface area contributed by atoms with Crippen molar-refractivity contribution in [3.63, 3.8) is 0 Å². The van der Waals surface area contributed by atoms with Crippen LogP contribution in [-0.4, -0.2) is 47.1 Å². The van der Waals surface area contributed by atoms with Gasteiger partial charge in [0.2, 0.25) is 0 Å². The van der Waals surface area contributed by atoms with Gasteiger partial charge in [0.1, 0.15) is 10.8 Å². The van der Waals surface area contributed by atoms with Crippen LogP contribution in [0.4, 0.5) is 5.82 Å². The molecule has 1 fully saturated rings. The van der Waals surface area contributed by atoms with Gasteiger partial charge in [0, 0.05) is 30.9 Å². The van der Waals surface area contributed by atoms with Crippen LogP contribution in [0.5, 0.6) is 0 Å². The Morgan fingerprint density at radius 3 is 2.89 bits per heavy atom. The van der Waals surface area contributed by atoms with E-state index in [0.29, 0.717) is 11.0 Å². The summed E-state index contributed by atoms with van der Waals surface area (Å²) >= 11 is 5.02. The number of hydrogen-bond acceptors (Lipinski definition) is 4. The number of rotatable bonds is 5. The summed E-state index contributed by atoms with van der Waals surface area (Å²) in [6, 6.07) is 4.49. The number of anilines is 1. The highest BCUT2D eigenvalue weighted by Crippen LogP contribution is 2.21. The quantitative estimate of drug-likeness (QED) is 0.830. The molecule has 0 amide bonds. The molecule has 5 heteroatoms. The first-order valence-electron chi connectivity index (χ1n) is 6.90. The lowest BCUT2D eigenvalue weighted by atomic mass is 10.2. The number of nitrogens with zero attached hydrogens (tertiary/aromatic N) is 3.